The molecule has 2 heterocycles. The number of aromatic nitrogens is 4. The van der Waals surface area contributed by atoms with Crippen LogP contribution in [0.25, 0.3) is 12.2 Å². The summed E-state index contributed by atoms with van der Waals surface area (Å²) < 4.78 is 18.7. The third-order valence-corrected chi connectivity index (χ3v) is 4.35. The zero-order valence-corrected chi connectivity index (χ0v) is 15.9. The number of aromatic amines is 3. The number of halogens is 1. The van der Waals surface area contributed by atoms with Gasteiger partial charge in [-0.3, -0.25) is 9.59 Å². The van der Waals surface area contributed by atoms with Gasteiger partial charge in [-0.1, -0.05) is 12.1 Å². The van der Waals surface area contributed by atoms with Gasteiger partial charge in [-0.25, -0.2) is 9.37 Å². The van der Waals surface area contributed by atoms with Crippen molar-refractivity contribution in [1.82, 2.24) is 19.9 Å². The molecule has 7 nitrogen and oxygen atoms in total. The lowest BCUT2D eigenvalue weighted by Crippen LogP contribution is -2.46. The number of hydrogen-bond acceptors (Lipinski definition) is 4. The normalized spacial score (nSPS) is 12.3. The summed E-state index contributed by atoms with van der Waals surface area (Å²) in [4.78, 5) is 37.0. The molecule has 3 N–H and O–H groups in total. The van der Waals surface area contributed by atoms with E-state index < -0.39 is 11.1 Å². The Morgan fingerprint density at radius 3 is 2.30 bits per heavy atom. The molecule has 2 aromatic heterocycles. The van der Waals surface area contributed by atoms with Gasteiger partial charge in [0.1, 0.15) is 28.0 Å². The molecule has 0 saturated carbocycles. The highest BCUT2D eigenvalue weighted by Crippen LogP contribution is 2.22. The first kappa shape index (κ1) is 19.1. The lowest BCUT2D eigenvalue weighted by molar-refractivity contribution is 0.480. The predicted molar refractivity (Wildman–Crippen MR) is 110 cm³/mol. The van der Waals surface area contributed by atoms with Crippen molar-refractivity contribution in [3.63, 3.8) is 0 Å². The fourth-order valence-electron chi connectivity index (χ4n) is 2.82. The molecule has 150 valence electrons. The first-order valence-corrected chi connectivity index (χ1v) is 9.07. The summed E-state index contributed by atoms with van der Waals surface area (Å²) in [6, 6.07) is 12.6. The van der Waals surface area contributed by atoms with E-state index >= 15 is 0 Å². The standard InChI is InChI=1S/C22H17FN4O3/c1-13-18(25-12-24-13)11-20-22(29)26-19(21(28)27-20)10-14-3-2-4-17(9-14)30-16-7-5-15(23)6-8-16/h2-12H,1H3,(H,24,25)(H,26,29)(H,27,28)/b19-10-,20-11-. The van der Waals surface area contributed by atoms with Gasteiger partial charge >= 0.3 is 0 Å². The molecule has 0 amide bonds. The Morgan fingerprint density at radius 2 is 1.63 bits per heavy atom. The van der Waals surface area contributed by atoms with E-state index in [0.29, 0.717) is 22.8 Å². The average molecular weight is 404 g/mol. The van der Waals surface area contributed by atoms with Gasteiger partial charge in [0.15, 0.2) is 0 Å². The lowest BCUT2D eigenvalue weighted by atomic mass is 10.2. The number of nitrogens with one attached hydrogen (secondary N) is 3. The number of H-pyrrole nitrogens is 3. The van der Waals surface area contributed by atoms with E-state index in [0.717, 1.165) is 5.69 Å². The van der Waals surface area contributed by atoms with Crippen LogP contribution in [0, 0.1) is 12.7 Å². The van der Waals surface area contributed by atoms with Crippen LogP contribution in [0.15, 0.2) is 64.4 Å². The van der Waals surface area contributed by atoms with E-state index in [-0.39, 0.29) is 16.5 Å². The van der Waals surface area contributed by atoms with Gasteiger partial charge in [0, 0.05) is 5.69 Å². The van der Waals surface area contributed by atoms with E-state index in [2.05, 4.69) is 19.9 Å². The summed E-state index contributed by atoms with van der Waals surface area (Å²) >= 11 is 0. The van der Waals surface area contributed by atoms with Crippen molar-refractivity contribution in [1.29, 1.82) is 0 Å². The van der Waals surface area contributed by atoms with E-state index in [1.165, 1.54) is 36.7 Å². The number of hydrogen-bond donors (Lipinski definition) is 3. The summed E-state index contributed by atoms with van der Waals surface area (Å²) in [5, 5.41) is 0.218. The molecule has 0 bridgehead atoms. The molecule has 4 aromatic rings. The number of benzene rings is 2. The van der Waals surface area contributed by atoms with Gasteiger partial charge in [-0.15, -0.1) is 0 Å². The molecule has 0 spiro atoms. The van der Waals surface area contributed by atoms with E-state index in [1.54, 1.807) is 30.3 Å². The second-order valence-corrected chi connectivity index (χ2v) is 6.57. The second kappa shape index (κ2) is 8.04. The Hall–Kier alpha value is -4.20. The SMILES string of the molecule is Cc1[nH]cnc1/C=c1\[nH]c(=O)/c(=C/c2cccc(Oc3ccc(F)cc3)c2)[nH]c1=O. The topological polar surface area (TPSA) is 104 Å². The van der Waals surface area contributed by atoms with Crippen molar-refractivity contribution in [2.45, 2.75) is 6.92 Å². The first-order valence-electron chi connectivity index (χ1n) is 9.07. The Kier molecular flexibility index (Phi) is 5.13. The van der Waals surface area contributed by atoms with Crippen LogP contribution in [0.4, 0.5) is 4.39 Å². The molecule has 0 aliphatic heterocycles. The summed E-state index contributed by atoms with van der Waals surface area (Å²) in [6.07, 6.45) is 4.56. The number of imidazole rings is 1. The van der Waals surface area contributed by atoms with E-state index in [9.17, 15) is 14.0 Å². The molecule has 4 rings (SSSR count). The molecule has 0 fully saturated rings. The molecule has 30 heavy (non-hydrogen) atoms. The maximum absolute atomic E-state index is 13.0. The highest BCUT2D eigenvalue weighted by molar-refractivity contribution is 5.51. The van der Waals surface area contributed by atoms with Gasteiger partial charge in [-0.05, 0) is 61.0 Å². The van der Waals surface area contributed by atoms with E-state index in [4.69, 9.17) is 4.74 Å². The molecule has 0 unspecified atom stereocenters. The second-order valence-electron chi connectivity index (χ2n) is 6.57. The van der Waals surface area contributed by atoms with Crippen molar-refractivity contribution in [2.24, 2.45) is 0 Å². The molecule has 0 aliphatic rings. The largest absolute Gasteiger partial charge is 0.457 e. The highest BCUT2D eigenvalue weighted by atomic mass is 19.1. The summed E-state index contributed by atoms with van der Waals surface area (Å²) in [5.41, 5.74) is 1.11. The molecule has 2 aromatic carbocycles. The van der Waals surface area contributed by atoms with Gasteiger partial charge in [0.2, 0.25) is 0 Å². The summed E-state index contributed by atoms with van der Waals surface area (Å²) in [5.74, 6) is 0.636. The van der Waals surface area contributed by atoms with Crippen molar-refractivity contribution in [3.8, 4) is 11.5 Å². The van der Waals surface area contributed by atoms with Crippen molar-refractivity contribution in [2.75, 3.05) is 0 Å². The van der Waals surface area contributed by atoms with Crippen LogP contribution in [-0.2, 0) is 0 Å². The molecule has 0 atom stereocenters. The zero-order chi connectivity index (χ0) is 21.1. The lowest BCUT2D eigenvalue weighted by Gasteiger charge is -2.06. The van der Waals surface area contributed by atoms with Gasteiger partial charge in [-0.2, -0.15) is 0 Å². The maximum Gasteiger partial charge on any atom is 0.272 e. The summed E-state index contributed by atoms with van der Waals surface area (Å²) in [7, 11) is 0. The fourth-order valence-corrected chi connectivity index (χ4v) is 2.82. The van der Waals surface area contributed by atoms with Gasteiger partial charge in [0.05, 0.1) is 12.0 Å². The summed E-state index contributed by atoms with van der Waals surface area (Å²) in [6.45, 7) is 1.81. The van der Waals surface area contributed by atoms with Crippen LogP contribution in [0.3, 0.4) is 0 Å². The number of aryl methyl sites for hydroxylation is 1. The number of ether oxygens (including phenoxy) is 1. The third-order valence-electron chi connectivity index (χ3n) is 4.35. The minimum absolute atomic E-state index is 0.106. The van der Waals surface area contributed by atoms with Crippen molar-refractivity contribution < 1.29 is 9.13 Å². The maximum atomic E-state index is 13.0. The van der Waals surface area contributed by atoms with Gasteiger partial charge < -0.3 is 19.7 Å². The predicted octanol–water partition coefficient (Wildman–Crippen LogP) is 1.68. The Labute approximate surface area is 169 Å². The van der Waals surface area contributed by atoms with Crippen LogP contribution in [0.1, 0.15) is 17.0 Å². The molecule has 0 radical (unpaired) electrons. The van der Waals surface area contributed by atoms with Gasteiger partial charge in [0.25, 0.3) is 11.1 Å². The third kappa shape index (κ3) is 4.27. The van der Waals surface area contributed by atoms with Crippen LogP contribution in [0.2, 0.25) is 0 Å². The molecule has 0 saturated heterocycles. The monoisotopic (exact) mass is 404 g/mol. The van der Waals surface area contributed by atoms with Crippen molar-refractivity contribution in [3.05, 3.63) is 109 Å². The first-order chi connectivity index (χ1) is 14.5. The van der Waals surface area contributed by atoms with Crippen LogP contribution < -0.4 is 26.6 Å². The zero-order valence-electron chi connectivity index (χ0n) is 15.9. The number of rotatable bonds is 4. The van der Waals surface area contributed by atoms with Crippen LogP contribution >= 0.6 is 0 Å². The minimum atomic E-state index is -0.445. The fraction of sp³-hybridized carbons (Fsp3) is 0.0455. The molecular weight excluding hydrogens is 387 g/mol. The quantitative estimate of drug-likeness (QED) is 0.481. The van der Waals surface area contributed by atoms with E-state index in [1.807, 2.05) is 6.92 Å². The smallest absolute Gasteiger partial charge is 0.272 e. The number of nitrogens with zero attached hydrogens (tertiary/aromatic N) is 1. The van der Waals surface area contributed by atoms with Crippen LogP contribution in [0.5, 0.6) is 11.5 Å². The molecule has 8 heteroatoms. The average Bonchev–Trinajstić information content (AvgIpc) is 3.12. The Balaban J connectivity index is 1.68. The Morgan fingerprint density at radius 1 is 0.933 bits per heavy atom. The molecular formula is C22H17FN4O3. The Bertz CT molecular complexity index is 1430. The van der Waals surface area contributed by atoms with Crippen LogP contribution in [-0.4, -0.2) is 19.9 Å². The molecule has 0 aliphatic carbocycles. The highest BCUT2D eigenvalue weighted by Gasteiger charge is 2.02. The minimum Gasteiger partial charge on any atom is -0.457 e. The van der Waals surface area contributed by atoms with Crippen molar-refractivity contribution >= 4 is 12.2 Å².